The SMILES string of the molecule is COc1ccccc1-n1nc(C(=O)Nc2ccc(OC(C)C)cc2)c(O)cc1=O. The van der Waals surface area contributed by atoms with Gasteiger partial charge in [0.2, 0.25) is 0 Å². The normalized spacial score (nSPS) is 10.6. The van der Waals surface area contributed by atoms with Crippen molar-refractivity contribution in [3.8, 4) is 22.9 Å². The Morgan fingerprint density at radius 1 is 1.14 bits per heavy atom. The van der Waals surface area contributed by atoms with Crippen LogP contribution in [0.4, 0.5) is 5.69 Å². The van der Waals surface area contributed by atoms with Gasteiger partial charge < -0.3 is 19.9 Å². The molecule has 2 N–H and O–H groups in total. The molecule has 2 aromatic carbocycles. The van der Waals surface area contributed by atoms with Crippen LogP contribution in [-0.2, 0) is 0 Å². The molecule has 150 valence electrons. The lowest BCUT2D eigenvalue weighted by Crippen LogP contribution is -2.25. The third-order valence-corrected chi connectivity index (χ3v) is 3.92. The fourth-order valence-electron chi connectivity index (χ4n) is 2.67. The number of anilines is 1. The van der Waals surface area contributed by atoms with Crippen LogP contribution in [0.3, 0.4) is 0 Å². The monoisotopic (exact) mass is 395 g/mol. The van der Waals surface area contributed by atoms with Gasteiger partial charge in [0.05, 0.1) is 13.2 Å². The summed E-state index contributed by atoms with van der Waals surface area (Å²) in [5.41, 5.74) is -0.0525. The second-order valence-corrected chi connectivity index (χ2v) is 6.45. The van der Waals surface area contributed by atoms with Gasteiger partial charge >= 0.3 is 0 Å². The van der Waals surface area contributed by atoms with Crippen LogP contribution >= 0.6 is 0 Å². The zero-order chi connectivity index (χ0) is 21.0. The van der Waals surface area contributed by atoms with Gasteiger partial charge in [0.15, 0.2) is 11.4 Å². The second-order valence-electron chi connectivity index (χ2n) is 6.45. The van der Waals surface area contributed by atoms with Crippen LogP contribution in [0.25, 0.3) is 5.69 Å². The summed E-state index contributed by atoms with van der Waals surface area (Å²) in [5, 5.41) is 16.8. The lowest BCUT2D eigenvalue weighted by molar-refractivity contribution is 0.101. The molecule has 1 amide bonds. The van der Waals surface area contributed by atoms with Crippen LogP contribution < -0.4 is 20.3 Å². The van der Waals surface area contributed by atoms with Gasteiger partial charge in [-0.05, 0) is 50.2 Å². The van der Waals surface area contributed by atoms with Crippen LogP contribution in [0.15, 0.2) is 59.4 Å². The molecule has 0 spiro atoms. The summed E-state index contributed by atoms with van der Waals surface area (Å²) in [5.74, 6) is -0.106. The maximum Gasteiger partial charge on any atom is 0.279 e. The Balaban J connectivity index is 1.90. The molecule has 1 heterocycles. The number of methoxy groups -OCH3 is 1. The zero-order valence-electron chi connectivity index (χ0n) is 16.2. The molecule has 0 fully saturated rings. The smallest absolute Gasteiger partial charge is 0.279 e. The number of nitrogens with zero attached hydrogens (tertiary/aromatic N) is 2. The van der Waals surface area contributed by atoms with Crippen LogP contribution in [0.5, 0.6) is 17.2 Å². The Labute approximate surface area is 167 Å². The number of hydrogen-bond donors (Lipinski definition) is 2. The fraction of sp³-hybridized carbons (Fsp3) is 0.190. The Bertz CT molecular complexity index is 1070. The van der Waals surface area contributed by atoms with Crippen LogP contribution in [-0.4, -0.2) is 34.0 Å². The van der Waals surface area contributed by atoms with Crippen LogP contribution in [0.2, 0.25) is 0 Å². The predicted octanol–water partition coefficient (Wildman–Crippen LogP) is 2.99. The average molecular weight is 395 g/mol. The van der Waals surface area contributed by atoms with E-state index in [1.165, 1.54) is 7.11 Å². The number of aromatic nitrogens is 2. The minimum absolute atomic E-state index is 0.0348. The maximum absolute atomic E-state index is 12.6. The molecule has 29 heavy (non-hydrogen) atoms. The number of rotatable bonds is 6. The predicted molar refractivity (Wildman–Crippen MR) is 108 cm³/mol. The first kappa shape index (κ1) is 19.9. The van der Waals surface area contributed by atoms with E-state index in [1.807, 2.05) is 13.8 Å². The summed E-state index contributed by atoms with van der Waals surface area (Å²) in [6, 6.07) is 14.5. The molecule has 3 aromatic rings. The Hall–Kier alpha value is -3.81. The Kier molecular flexibility index (Phi) is 5.82. The highest BCUT2D eigenvalue weighted by Crippen LogP contribution is 2.22. The van der Waals surface area contributed by atoms with E-state index < -0.39 is 17.2 Å². The molecule has 8 nitrogen and oxygen atoms in total. The fourth-order valence-corrected chi connectivity index (χ4v) is 2.67. The molecule has 0 radical (unpaired) electrons. The summed E-state index contributed by atoms with van der Waals surface area (Å²) in [4.78, 5) is 24.9. The molecular formula is C21H21N3O5. The quantitative estimate of drug-likeness (QED) is 0.665. The van der Waals surface area contributed by atoms with Crippen molar-refractivity contribution in [3.05, 3.63) is 70.6 Å². The third-order valence-electron chi connectivity index (χ3n) is 3.92. The molecule has 0 aliphatic rings. The molecule has 0 saturated heterocycles. The molecule has 0 aliphatic heterocycles. The van der Waals surface area contributed by atoms with Gasteiger partial charge in [0.1, 0.15) is 17.2 Å². The topological polar surface area (TPSA) is 103 Å². The maximum atomic E-state index is 12.6. The number of amides is 1. The Morgan fingerprint density at radius 2 is 1.83 bits per heavy atom. The number of carbonyl (C=O) groups is 1. The summed E-state index contributed by atoms with van der Waals surface area (Å²) < 4.78 is 11.8. The number of para-hydroxylation sites is 2. The molecular weight excluding hydrogens is 374 g/mol. The molecule has 3 rings (SSSR count). The lowest BCUT2D eigenvalue weighted by atomic mass is 10.2. The number of benzene rings is 2. The summed E-state index contributed by atoms with van der Waals surface area (Å²) in [7, 11) is 1.46. The molecule has 0 unspecified atom stereocenters. The van der Waals surface area contributed by atoms with E-state index in [1.54, 1.807) is 48.5 Å². The highest BCUT2D eigenvalue weighted by molar-refractivity contribution is 6.04. The third kappa shape index (κ3) is 4.55. The number of nitrogens with one attached hydrogen (secondary N) is 1. The average Bonchev–Trinajstić information content (AvgIpc) is 2.69. The number of hydrogen-bond acceptors (Lipinski definition) is 6. The molecule has 8 heteroatoms. The van der Waals surface area contributed by atoms with Gasteiger partial charge in [-0.25, -0.2) is 0 Å². The van der Waals surface area contributed by atoms with Gasteiger partial charge in [-0.2, -0.15) is 9.78 Å². The standard InChI is InChI=1S/C21H21N3O5/c1-13(2)29-15-10-8-14(9-11-15)22-21(27)20-17(25)12-19(26)24(23-20)16-6-4-5-7-18(16)28-3/h4-13,25H,1-3H3,(H,22,27). The first-order chi connectivity index (χ1) is 13.9. The summed E-state index contributed by atoms with van der Waals surface area (Å²) in [6.45, 7) is 3.83. The summed E-state index contributed by atoms with van der Waals surface area (Å²) in [6.07, 6.45) is 0.0348. The highest BCUT2D eigenvalue weighted by atomic mass is 16.5. The molecule has 0 atom stereocenters. The van der Waals surface area contributed by atoms with Crippen molar-refractivity contribution >= 4 is 11.6 Å². The van der Waals surface area contributed by atoms with Crippen molar-refractivity contribution in [2.24, 2.45) is 0 Å². The van der Waals surface area contributed by atoms with E-state index in [0.29, 0.717) is 22.9 Å². The second kappa shape index (κ2) is 8.47. The van der Waals surface area contributed by atoms with Crippen molar-refractivity contribution < 1.29 is 19.4 Å². The van der Waals surface area contributed by atoms with Gasteiger partial charge in [0.25, 0.3) is 11.5 Å². The minimum Gasteiger partial charge on any atom is -0.505 e. The zero-order valence-corrected chi connectivity index (χ0v) is 16.2. The van der Waals surface area contributed by atoms with Crippen molar-refractivity contribution in [1.29, 1.82) is 0 Å². The van der Waals surface area contributed by atoms with Crippen LogP contribution in [0.1, 0.15) is 24.3 Å². The number of ether oxygens (including phenoxy) is 2. The van der Waals surface area contributed by atoms with E-state index in [2.05, 4.69) is 10.4 Å². The molecule has 0 aliphatic carbocycles. The van der Waals surface area contributed by atoms with Crippen molar-refractivity contribution in [2.75, 3.05) is 12.4 Å². The van der Waals surface area contributed by atoms with Crippen molar-refractivity contribution in [3.63, 3.8) is 0 Å². The van der Waals surface area contributed by atoms with Gasteiger partial charge in [-0.3, -0.25) is 9.59 Å². The first-order valence-electron chi connectivity index (χ1n) is 8.94. The van der Waals surface area contributed by atoms with E-state index in [0.717, 1.165) is 10.7 Å². The number of carbonyl (C=O) groups excluding carboxylic acids is 1. The van der Waals surface area contributed by atoms with E-state index in [4.69, 9.17) is 9.47 Å². The largest absolute Gasteiger partial charge is 0.505 e. The Morgan fingerprint density at radius 3 is 2.48 bits per heavy atom. The van der Waals surface area contributed by atoms with E-state index >= 15 is 0 Å². The van der Waals surface area contributed by atoms with Gasteiger partial charge in [0, 0.05) is 11.8 Å². The van der Waals surface area contributed by atoms with E-state index in [-0.39, 0.29) is 11.8 Å². The van der Waals surface area contributed by atoms with Gasteiger partial charge in [-0.15, -0.1) is 0 Å². The lowest BCUT2D eigenvalue weighted by Gasteiger charge is -2.12. The summed E-state index contributed by atoms with van der Waals surface area (Å²) >= 11 is 0. The molecule has 0 bridgehead atoms. The van der Waals surface area contributed by atoms with Crippen molar-refractivity contribution in [1.82, 2.24) is 9.78 Å². The molecule has 1 aromatic heterocycles. The van der Waals surface area contributed by atoms with Crippen molar-refractivity contribution in [2.45, 2.75) is 20.0 Å². The molecule has 0 saturated carbocycles. The van der Waals surface area contributed by atoms with Crippen LogP contribution in [0, 0.1) is 0 Å². The first-order valence-corrected chi connectivity index (χ1v) is 8.94. The minimum atomic E-state index is -0.663. The van der Waals surface area contributed by atoms with Gasteiger partial charge in [-0.1, -0.05) is 12.1 Å². The highest BCUT2D eigenvalue weighted by Gasteiger charge is 2.18. The number of aromatic hydroxyl groups is 1. The van der Waals surface area contributed by atoms with E-state index in [9.17, 15) is 14.7 Å².